The number of cyclic esters (lactones) is 1. The summed E-state index contributed by atoms with van der Waals surface area (Å²) in [6.07, 6.45) is 0.328. The molecule has 7 nitrogen and oxygen atoms in total. The molecule has 0 bridgehead atoms. The van der Waals surface area contributed by atoms with Gasteiger partial charge < -0.3 is 9.47 Å². The Kier molecular flexibility index (Phi) is 4.86. The summed E-state index contributed by atoms with van der Waals surface area (Å²) in [4.78, 5) is 23.7. The van der Waals surface area contributed by atoms with Crippen LogP contribution in [0.3, 0.4) is 0 Å². The third kappa shape index (κ3) is 3.44. The first kappa shape index (κ1) is 16.9. The van der Waals surface area contributed by atoms with E-state index in [9.17, 15) is 18.0 Å². The molecule has 2 heterocycles. The predicted octanol–water partition coefficient (Wildman–Crippen LogP) is 0.946. The number of carbonyl (C=O) groups is 2. The number of rotatable bonds is 4. The van der Waals surface area contributed by atoms with Gasteiger partial charge in [-0.25, -0.2) is 13.2 Å². The summed E-state index contributed by atoms with van der Waals surface area (Å²) in [6.45, 7) is 0.781. The monoisotopic (exact) mass is 353 g/mol. The summed E-state index contributed by atoms with van der Waals surface area (Å²) in [5, 5.41) is 0. The van der Waals surface area contributed by atoms with Gasteiger partial charge in [-0.1, -0.05) is 18.2 Å². The van der Waals surface area contributed by atoms with Crippen LogP contribution in [0.5, 0.6) is 0 Å². The second-order valence-corrected chi connectivity index (χ2v) is 7.81. The molecule has 1 aromatic rings. The Bertz CT molecular complexity index is 709. The molecule has 0 spiro atoms. The zero-order chi connectivity index (χ0) is 17.2. The van der Waals surface area contributed by atoms with E-state index in [2.05, 4.69) is 0 Å². The minimum Gasteiger partial charge on any atom is -0.463 e. The zero-order valence-corrected chi connectivity index (χ0v) is 13.9. The van der Waals surface area contributed by atoms with Gasteiger partial charge in [0.05, 0.1) is 17.4 Å². The Morgan fingerprint density at radius 1 is 1.12 bits per heavy atom. The lowest BCUT2D eigenvalue weighted by atomic mass is 9.98. The molecule has 2 aliphatic rings. The van der Waals surface area contributed by atoms with E-state index in [1.807, 2.05) is 0 Å². The average Bonchev–Trinajstić information content (AvgIpc) is 3.00. The summed E-state index contributed by atoms with van der Waals surface area (Å²) < 4.78 is 36.4. The molecule has 24 heavy (non-hydrogen) atoms. The summed E-state index contributed by atoms with van der Waals surface area (Å²) in [7, 11) is -3.54. The minimum atomic E-state index is -3.54. The normalized spacial score (nSPS) is 23.0. The van der Waals surface area contributed by atoms with Crippen LogP contribution < -0.4 is 0 Å². The molecule has 0 aromatic heterocycles. The highest BCUT2D eigenvalue weighted by molar-refractivity contribution is 7.89. The molecule has 1 aromatic carbocycles. The van der Waals surface area contributed by atoms with Gasteiger partial charge >= 0.3 is 11.9 Å². The van der Waals surface area contributed by atoms with Crippen molar-refractivity contribution < 1.29 is 27.5 Å². The lowest BCUT2D eigenvalue weighted by Gasteiger charge is -2.30. The Labute approximate surface area is 140 Å². The fourth-order valence-electron chi connectivity index (χ4n) is 2.89. The molecule has 8 heteroatoms. The first-order valence-corrected chi connectivity index (χ1v) is 9.35. The summed E-state index contributed by atoms with van der Waals surface area (Å²) in [6, 6.07) is 8.23. The molecule has 0 saturated carbocycles. The van der Waals surface area contributed by atoms with E-state index in [-0.39, 0.29) is 30.5 Å². The van der Waals surface area contributed by atoms with E-state index < -0.39 is 28.1 Å². The van der Waals surface area contributed by atoms with Gasteiger partial charge in [-0.2, -0.15) is 4.31 Å². The highest BCUT2D eigenvalue weighted by Crippen LogP contribution is 2.25. The van der Waals surface area contributed by atoms with Crippen LogP contribution in [-0.4, -0.2) is 50.5 Å². The molecule has 1 atom stereocenters. The van der Waals surface area contributed by atoms with Crippen LogP contribution in [0, 0.1) is 5.92 Å². The van der Waals surface area contributed by atoms with Gasteiger partial charge in [0.15, 0.2) is 0 Å². The minimum absolute atomic E-state index is 0.250. The highest BCUT2D eigenvalue weighted by atomic mass is 32.2. The van der Waals surface area contributed by atoms with E-state index in [0.717, 1.165) is 0 Å². The van der Waals surface area contributed by atoms with Crippen LogP contribution in [0.25, 0.3) is 0 Å². The SMILES string of the molecule is O=C(O[C@H]1CCOC1=O)C1CCN(S(=O)(=O)c2ccccc2)CC1. The van der Waals surface area contributed by atoms with Crippen LogP contribution in [0.15, 0.2) is 35.2 Å². The summed E-state index contributed by atoms with van der Waals surface area (Å²) >= 11 is 0. The fraction of sp³-hybridized carbons (Fsp3) is 0.500. The summed E-state index contributed by atoms with van der Waals surface area (Å²) in [5.74, 6) is -1.34. The van der Waals surface area contributed by atoms with Gasteiger partial charge in [0.25, 0.3) is 0 Å². The topological polar surface area (TPSA) is 90.0 Å². The zero-order valence-electron chi connectivity index (χ0n) is 13.1. The number of ether oxygens (including phenoxy) is 2. The first-order chi connectivity index (χ1) is 11.5. The van der Waals surface area contributed by atoms with Crippen LogP contribution in [0.1, 0.15) is 19.3 Å². The Morgan fingerprint density at radius 3 is 2.38 bits per heavy atom. The van der Waals surface area contributed by atoms with E-state index in [0.29, 0.717) is 19.3 Å². The van der Waals surface area contributed by atoms with Crippen molar-refractivity contribution in [3.8, 4) is 0 Å². The van der Waals surface area contributed by atoms with Crippen molar-refractivity contribution in [2.75, 3.05) is 19.7 Å². The molecule has 2 fully saturated rings. The maximum atomic E-state index is 12.5. The lowest BCUT2D eigenvalue weighted by molar-refractivity contribution is -0.164. The fourth-order valence-corrected chi connectivity index (χ4v) is 4.38. The van der Waals surface area contributed by atoms with Crippen molar-refractivity contribution in [1.82, 2.24) is 4.31 Å². The van der Waals surface area contributed by atoms with Gasteiger partial charge in [0.1, 0.15) is 0 Å². The van der Waals surface area contributed by atoms with Crippen molar-refractivity contribution in [2.45, 2.75) is 30.3 Å². The second-order valence-electron chi connectivity index (χ2n) is 5.87. The number of benzene rings is 1. The number of piperidine rings is 1. The Hall–Kier alpha value is -1.93. The van der Waals surface area contributed by atoms with Gasteiger partial charge in [-0.05, 0) is 25.0 Å². The maximum absolute atomic E-state index is 12.5. The van der Waals surface area contributed by atoms with Crippen molar-refractivity contribution in [3.05, 3.63) is 30.3 Å². The number of carbonyl (C=O) groups excluding carboxylic acids is 2. The molecular weight excluding hydrogens is 334 g/mol. The third-order valence-electron chi connectivity index (χ3n) is 4.31. The van der Waals surface area contributed by atoms with Crippen LogP contribution in [0.4, 0.5) is 0 Å². The predicted molar refractivity (Wildman–Crippen MR) is 83.4 cm³/mol. The molecule has 2 saturated heterocycles. The summed E-state index contributed by atoms with van der Waals surface area (Å²) in [5.41, 5.74) is 0. The third-order valence-corrected chi connectivity index (χ3v) is 6.23. The Balaban J connectivity index is 1.57. The van der Waals surface area contributed by atoms with E-state index in [4.69, 9.17) is 9.47 Å². The molecule has 2 aliphatic heterocycles. The quantitative estimate of drug-likeness (QED) is 0.749. The Morgan fingerprint density at radius 2 is 1.79 bits per heavy atom. The largest absolute Gasteiger partial charge is 0.463 e. The average molecular weight is 353 g/mol. The standard InChI is InChI=1S/C16H19NO6S/c18-15(23-14-8-11-22-16(14)19)12-6-9-17(10-7-12)24(20,21)13-4-2-1-3-5-13/h1-5,12,14H,6-11H2/t14-/m0/s1. The van der Waals surface area contributed by atoms with Crippen molar-refractivity contribution >= 4 is 22.0 Å². The molecular formula is C16H19NO6S. The second kappa shape index (κ2) is 6.90. The van der Waals surface area contributed by atoms with Crippen LogP contribution in [-0.2, 0) is 29.1 Å². The number of sulfonamides is 1. The first-order valence-electron chi connectivity index (χ1n) is 7.91. The number of hydrogen-bond acceptors (Lipinski definition) is 6. The van der Waals surface area contributed by atoms with Gasteiger partial charge in [0, 0.05) is 19.5 Å². The smallest absolute Gasteiger partial charge is 0.347 e. The van der Waals surface area contributed by atoms with Crippen molar-refractivity contribution in [2.24, 2.45) is 5.92 Å². The lowest BCUT2D eigenvalue weighted by Crippen LogP contribution is -2.41. The molecule has 130 valence electrons. The number of hydrogen-bond donors (Lipinski definition) is 0. The van der Waals surface area contributed by atoms with Gasteiger partial charge in [-0.3, -0.25) is 4.79 Å². The van der Waals surface area contributed by atoms with Crippen LogP contribution >= 0.6 is 0 Å². The highest BCUT2D eigenvalue weighted by Gasteiger charge is 2.36. The van der Waals surface area contributed by atoms with Crippen molar-refractivity contribution in [3.63, 3.8) is 0 Å². The number of esters is 2. The van der Waals surface area contributed by atoms with E-state index >= 15 is 0 Å². The molecule has 0 radical (unpaired) electrons. The molecule has 0 amide bonds. The molecule has 0 aliphatic carbocycles. The van der Waals surface area contributed by atoms with Gasteiger partial charge in [-0.15, -0.1) is 0 Å². The van der Waals surface area contributed by atoms with Crippen LogP contribution in [0.2, 0.25) is 0 Å². The van der Waals surface area contributed by atoms with Gasteiger partial charge in [0.2, 0.25) is 16.1 Å². The maximum Gasteiger partial charge on any atom is 0.347 e. The van der Waals surface area contributed by atoms with E-state index in [1.54, 1.807) is 30.3 Å². The van der Waals surface area contributed by atoms with Crippen molar-refractivity contribution in [1.29, 1.82) is 0 Å². The molecule has 3 rings (SSSR count). The number of nitrogens with zero attached hydrogens (tertiary/aromatic N) is 1. The van der Waals surface area contributed by atoms with E-state index in [1.165, 1.54) is 4.31 Å². The molecule has 0 N–H and O–H groups in total. The molecule has 0 unspecified atom stereocenters.